The van der Waals surface area contributed by atoms with E-state index in [9.17, 15) is 28.9 Å². The van der Waals surface area contributed by atoms with Crippen LogP contribution in [0.15, 0.2) is 60.7 Å². The number of hydrogen-bond acceptors (Lipinski definition) is 7. The molecule has 1 fully saturated rings. The number of anilines is 1. The van der Waals surface area contributed by atoms with Crippen molar-refractivity contribution in [1.82, 2.24) is 4.90 Å². The molecule has 10 nitrogen and oxygen atoms in total. The minimum atomic E-state index is -1.22. The van der Waals surface area contributed by atoms with Gasteiger partial charge >= 0.3 is 0 Å². The smallest absolute Gasteiger partial charge is 0.270 e. The molecule has 0 aliphatic carbocycles. The Kier molecular flexibility index (Phi) is 4.37. The number of benzene rings is 3. The van der Waals surface area contributed by atoms with E-state index in [-0.39, 0.29) is 23.6 Å². The Labute approximate surface area is 196 Å². The zero-order valence-electron chi connectivity index (χ0n) is 17.7. The van der Waals surface area contributed by atoms with Gasteiger partial charge in [0, 0.05) is 17.8 Å². The first-order chi connectivity index (χ1) is 16.8. The fourth-order valence-corrected chi connectivity index (χ4v) is 4.66. The number of nitro groups is 1. The van der Waals surface area contributed by atoms with E-state index in [1.807, 2.05) is 0 Å². The number of nitrogens with zero attached hydrogens (tertiary/aromatic N) is 3. The zero-order valence-corrected chi connectivity index (χ0v) is 17.7. The monoisotopic (exact) mass is 475 g/mol. The summed E-state index contributed by atoms with van der Waals surface area (Å²) >= 11 is 0. The van der Waals surface area contributed by atoms with E-state index in [0.29, 0.717) is 22.7 Å². The summed E-state index contributed by atoms with van der Waals surface area (Å²) in [6.07, 6.45) is 0. The first-order valence-electron chi connectivity index (χ1n) is 10.5. The molecule has 2 unspecified atom stereocenters. The van der Waals surface area contributed by atoms with Crippen LogP contribution < -0.4 is 14.4 Å². The maximum atomic E-state index is 13.5. The molecule has 3 aromatic carbocycles. The summed E-state index contributed by atoms with van der Waals surface area (Å²) in [6.45, 7) is 0.0324. The van der Waals surface area contributed by atoms with Crippen molar-refractivity contribution in [2.24, 2.45) is 0 Å². The van der Waals surface area contributed by atoms with E-state index in [0.717, 1.165) is 17.0 Å². The minimum Gasteiger partial charge on any atom is -0.454 e. The fraction of sp³-hybridized carbons (Fsp3) is 0.125. The standard InChI is InChI=1S/C24H14FN3O7/c25-13-2-4-14(5-3-13)26-20(12-1-8-18-19(9-12)35-11-34-18)21(24(26)31)27-22(29)16-7-6-15(28(32)33)10-17(16)23(27)30/h1-10,20-21H,11H2. The summed E-state index contributed by atoms with van der Waals surface area (Å²) in [5.41, 5.74) is 0.444. The molecule has 0 saturated carbocycles. The maximum Gasteiger partial charge on any atom is 0.270 e. The minimum absolute atomic E-state index is 0.0157. The van der Waals surface area contributed by atoms with Crippen LogP contribution in [0.5, 0.6) is 11.5 Å². The van der Waals surface area contributed by atoms with Gasteiger partial charge in [-0.3, -0.25) is 29.4 Å². The molecule has 6 rings (SSSR count). The van der Waals surface area contributed by atoms with E-state index in [4.69, 9.17) is 9.47 Å². The molecule has 3 heterocycles. The van der Waals surface area contributed by atoms with Gasteiger partial charge in [-0.15, -0.1) is 0 Å². The number of β-lactam (4-membered cyclic amide) rings is 1. The van der Waals surface area contributed by atoms with Crippen molar-refractivity contribution in [3.63, 3.8) is 0 Å². The third-order valence-corrected chi connectivity index (χ3v) is 6.30. The number of ether oxygens (including phenoxy) is 2. The van der Waals surface area contributed by atoms with Gasteiger partial charge in [0.05, 0.1) is 22.1 Å². The van der Waals surface area contributed by atoms with Crippen molar-refractivity contribution in [2.45, 2.75) is 12.1 Å². The molecule has 3 amide bonds. The van der Waals surface area contributed by atoms with Gasteiger partial charge in [0.2, 0.25) is 6.79 Å². The van der Waals surface area contributed by atoms with Crippen molar-refractivity contribution in [1.29, 1.82) is 0 Å². The molecule has 174 valence electrons. The average molecular weight is 475 g/mol. The average Bonchev–Trinajstić information content (AvgIpc) is 3.41. The maximum absolute atomic E-state index is 13.5. The second-order valence-electron chi connectivity index (χ2n) is 8.15. The molecule has 3 aliphatic heterocycles. The lowest BCUT2D eigenvalue weighted by molar-refractivity contribution is -0.384. The number of carbonyl (C=O) groups is 3. The van der Waals surface area contributed by atoms with Crippen molar-refractivity contribution in [3.8, 4) is 11.5 Å². The van der Waals surface area contributed by atoms with E-state index < -0.39 is 40.5 Å². The molecule has 0 radical (unpaired) electrons. The van der Waals surface area contributed by atoms with Crippen molar-refractivity contribution >= 4 is 29.1 Å². The zero-order chi connectivity index (χ0) is 24.4. The first-order valence-corrected chi connectivity index (χ1v) is 10.5. The van der Waals surface area contributed by atoms with Crippen molar-refractivity contribution in [3.05, 3.63) is 93.3 Å². The molecule has 1 saturated heterocycles. The number of imide groups is 1. The largest absolute Gasteiger partial charge is 0.454 e. The Morgan fingerprint density at radius 3 is 2.29 bits per heavy atom. The van der Waals surface area contributed by atoms with Gasteiger partial charge in [0.1, 0.15) is 11.9 Å². The molecule has 0 N–H and O–H groups in total. The highest BCUT2D eigenvalue weighted by molar-refractivity contribution is 6.25. The molecule has 3 aromatic rings. The highest BCUT2D eigenvalue weighted by atomic mass is 19.1. The molecule has 0 bridgehead atoms. The van der Waals surface area contributed by atoms with Crippen molar-refractivity contribution in [2.75, 3.05) is 11.7 Å². The van der Waals surface area contributed by atoms with Crippen LogP contribution in [0.3, 0.4) is 0 Å². The number of carbonyl (C=O) groups excluding carboxylic acids is 3. The Bertz CT molecular complexity index is 1460. The third-order valence-electron chi connectivity index (χ3n) is 6.30. The van der Waals surface area contributed by atoms with Gasteiger partial charge < -0.3 is 14.4 Å². The Morgan fingerprint density at radius 2 is 1.54 bits per heavy atom. The lowest BCUT2D eigenvalue weighted by atomic mass is 9.86. The van der Waals surface area contributed by atoms with E-state index in [2.05, 4.69) is 0 Å². The molecule has 0 aromatic heterocycles. The molecule has 11 heteroatoms. The molecule has 0 spiro atoms. The van der Waals surface area contributed by atoms with Crippen LogP contribution in [0.2, 0.25) is 0 Å². The predicted octanol–water partition coefficient (Wildman–Crippen LogP) is 3.22. The van der Waals surface area contributed by atoms with Crippen LogP contribution in [-0.2, 0) is 4.79 Å². The molecular formula is C24H14FN3O7. The van der Waals surface area contributed by atoms with Gasteiger partial charge in [-0.05, 0) is 48.0 Å². The first kappa shape index (κ1) is 20.8. The van der Waals surface area contributed by atoms with Crippen molar-refractivity contribution < 1.29 is 33.2 Å². The highest BCUT2D eigenvalue weighted by Gasteiger charge is 2.57. The Balaban J connectivity index is 1.43. The van der Waals surface area contributed by atoms with Gasteiger partial charge in [0.25, 0.3) is 23.4 Å². The topological polar surface area (TPSA) is 119 Å². The summed E-state index contributed by atoms with van der Waals surface area (Å²) < 4.78 is 24.3. The molecular weight excluding hydrogens is 461 g/mol. The summed E-state index contributed by atoms with van der Waals surface area (Å²) in [5.74, 6) is -1.60. The Hall–Kier alpha value is -4.80. The third kappa shape index (κ3) is 2.98. The molecule has 35 heavy (non-hydrogen) atoms. The number of hydrogen-bond donors (Lipinski definition) is 0. The van der Waals surface area contributed by atoms with E-state index >= 15 is 0 Å². The van der Waals surface area contributed by atoms with Crippen LogP contribution >= 0.6 is 0 Å². The van der Waals surface area contributed by atoms with E-state index in [1.54, 1.807) is 18.2 Å². The lowest BCUT2D eigenvalue weighted by Gasteiger charge is -2.49. The van der Waals surface area contributed by atoms with Crippen LogP contribution in [0.25, 0.3) is 0 Å². The van der Waals surface area contributed by atoms with Crippen LogP contribution in [-0.4, -0.2) is 40.4 Å². The van der Waals surface area contributed by atoms with Crippen LogP contribution in [0.1, 0.15) is 32.3 Å². The number of halogens is 1. The number of nitro benzene ring substituents is 1. The quantitative estimate of drug-likeness (QED) is 0.246. The van der Waals surface area contributed by atoms with E-state index in [1.165, 1.54) is 35.2 Å². The van der Waals surface area contributed by atoms with Gasteiger partial charge in [-0.2, -0.15) is 0 Å². The second-order valence-corrected chi connectivity index (χ2v) is 8.15. The number of amides is 3. The number of non-ortho nitro benzene ring substituents is 1. The Morgan fingerprint density at radius 1 is 0.829 bits per heavy atom. The predicted molar refractivity (Wildman–Crippen MR) is 117 cm³/mol. The summed E-state index contributed by atoms with van der Waals surface area (Å²) in [7, 11) is 0. The SMILES string of the molecule is O=C1c2ccc([N+](=O)[O-])cc2C(=O)N1C1C(=O)N(c2ccc(F)cc2)C1c1ccc2c(c1)OCO2. The van der Waals surface area contributed by atoms with Crippen LogP contribution in [0, 0.1) is 15.9 Å². The summed E-state index contributed by atoms with van der Waals surface area (Å²) in [6, 6.07) is 11.6. The van der Waals surface area contributed by atoms with Gasteiger partial charge in [-0.1, -0.05) is 6.07 Å². The second kappa shape index (κ2) is 7.35. The summed E-state index contributed by atoms with van der Waals surface area (Å²) in [4.78, 5) is 52.5. The van der Waals surface area contributed by atoms with Gasteiger partial charge in [-0.25, -0.2) is 4.39 Å². The fourth-order valence-electron chi connectivity index (χ4n) is 4.66. The highest BCUT2D eigenvalue weighted by Crippen LogP contribution is 2.46. The number of rotatable bonds is 4. The number of fused-ring (bicyclic) bond motifs is 2. The normalized spacial score (nSPS) is 20.2. The molecule has 2 atom stereocenters. The van der Waals surface area contributed by atoms with Crippen LogP contribution in [0.4, 0.5) is 15.8 Å². The lowest BCUT2D eigenvalue weighted by Crippen LogP contribution is -2.67. The molecule has 3 aliphatic rings. The van der Waals surface area contributed by atoms with Gasteiger partial charge in [0.15, 0.2) is 11.5 Å². The summed E-state index contributed by atoms with van der Waals surface area (Å²) in [5, 5.41) is 11.2.